The van der Waals surface area contributed by atoms with E-state index in [9.17, 15) is 9.59 Å². The van der Waals surface area contributed by atoms with Crippen molar-refractivity contribution in [1.29, 1.82) is 0 Å². The summed E-state index contributed by atoms with van der Waals surface area (Å²) in [7, 11) is 1.58. The molecule has 2 aromatic rings. The van der Waals surface area contributed by atoms with Gasteiger partial charge in [-0.15, -0.1) is 11.3 Å². The Hall–Kier alpha value is -2.34. The van der Waals surface area contributed by atoms with Gasteiger partial charge in [0.2, 0.25) is 5.91 Å². The second-order valence-electron chi connectivity index (χ2n) is 6.80. The number of carbonyl (C=O) groups is 2. The molecule has 1 aromatic carbocycles. The molecule has 0 unspecified atom stereocenters. The number of ether oxygens (including phenoxy) is 1. The first kappa shape index (κ1) is 18.5. The Labute approximate surface area is 158 Å². The SMILES string of the molecule is COc1ccc(C(=O)N[C@@H](C(=O)N2CCc3sccc3C2)C(C)C)cc1. The minimum Gasteiger partial charge on any atom is -0.497 e. The molecular formula is C20H24N2O3S. The van der Waals surface area contributed by atoms with Crippen molar-refractivity contribution in [3.63, 3.8) is 0 Å². The van der Waals surface area contributed by atoms with Crippen molar-refractivity contribution < 1.29 is 14.3 Å². The fourth-order valence-electron chi connectivity index (χ4n) is 3.11. The van der Waals surface area contributed by atoms with E-state index in [4.69, 9.17) is 4.74 Å². The Balaban J connectivity index is 1.70. The molecule has 0 bridgehead atoms. The summed E-state index contributed by atoms with van der Waals surface area (Å²) in [5, 5.41) is 4.99. The lowest BCUT2D eigenvalue weighted by atomic mass is 10.00. The monoisotopic (exact) mass is 372 g/mol. The molecule has 1 atom stereocenters. The first-order chi connectivity index (χ1) is 12.5. The van der Waals surface area contributed by atoms with Crippen LogP contribution in [0.25, 0.3) is 0 Å². The van der Waals surface area contributed by atoms with Crippen LogP contribution in [0.2, 0.25) is 0 Å². The third-order valence-electron chi connectivity index (χ3n) is 4.69. The molecule has 26 heavy (non-hydrogen) atoms. The van der Waals surface area contributed by atoms with Gasteiger partial charge in [-0.1, -0.05) is 13.8 Å². The fourth-order valence-corrected chi connectivity index (χ4v) is 4.00. The van der Waals surface area contributed by atoms with E-state index in [0.717, 1.165) is 6.42 Å². The molecule has 1 aliphatic rings. The van der Waals surface area contributed by atoms with Crippen LogP contribution in [0.1, 0.15) is 34.6 Å². The van der Waals surface area contributed by atoms with E-state index in [2.05, 4.69) is 16.8 Å². The highest BCUT2D eigenvalue weighted by Crippen LogP contribution is 2.25. The van der Waals surface area contributed by atoms with Gasteiger partial charge in [-0.2, -0.15) is 0 Å². The summed E-state index contributed by atoms with van der Waals surface area (Å²) in [6, 6.07) is 8.43. The van der Waals surface area contributed by atoms with Crippen LogP contribution in [-0.2, 0) is 17.8 Å². The number of fused-ring (bicyclic) bond motifs is 1. The summed E-state index contributed by atoms with van der Waals surface area (Å²) in [6.07, 6.45) is 0.885. The van der Waals surface area contributed by atoms with Crippen LogP contribution in [0.5, 0.6) is 5.75 Å². The second kappa shape index (κ2) is 7.91. The molecule has 1 aliphatic heterocycles. The first-order valence-corrected chi connectivity index (χ1v) is 9.66. The van der Waals surface area contributed by atoms with Crippen LogP contribution >= 0.6 is 11.3 Å². The molecule has 3 rings (SSSR count). The van der Waals surface area contributed by atoms with Crippen molar-refractivity contribution in [3.05, 3.63) is 51.7 Å². The number of benzene rings is 1. The van der Waals surface area contributed by atoms with Gasteiger partial charge in [-0.05, 0) is 53.6 Å². The predicted molar refractivity (Wildman–Crippen MR) is 103 cm³/mol. The van der Waals surface area contributed by atoms with Gasteiger partial charge in [0, 0.05) is 23.5 Å². The lowest BCUT2D eigenvalue weighted by Gasteiger charge is -2.32. The highest BCUT2D eigenvalue weighted by molar-refractivity contribution is 7.10. The minimum absolute atomic E-state index is 0.00794. The van der Waals surface area contributed by atoms with Gasteiger partial charge >= 0.3 is 0 Å². The molecule has 1 N–H and O–H groups in total. The largest absolute Gasteiger partial charge is 0.497 e. The van der Waals surface area contributed by atoms with E-state index in [1.54, 1.807) is 42.7 Å². The third kappa shape index (κ3) is 3.90. The highest BCUT2D eigenvalue weighted by atomic mass is 32.1. The Bertz CT molecular complexity index is 783. The summed E-state index contributed by atoms with van der Waals surface area (Å²) in [5.41, 5.74) is 1.74. The van der Waals surface area contributed by atoms with Crippen LogP contribution in [0.3, 0.4) is 0 Å². The summed E-state index contributed by atoms with van der Waals surface area (Å²) in [6.45, 7) is 5.24. The van der Waals surface area contributed by atoms with Crippen LogP contribution in [0.4, 0.5) is 0 Å². The zero-order valence-corrected chi connectivity index (χ0v) is 16.1. The molecule has 0 saturated carbocycles. The van der Waals surface area contributed by atoms with Crippen molar-refractivity contribution in [3.8, 4) is 5.75 Å². The van der Waals surface area contributed by atoms with Gasteiger partial charge in [0.25, 0.3) is 5.91 Å². The molecule has 2 heterocycles. The number of carbonyl (C=O) groups excluding carboxylic acids is 2. The van der Waals surface area contributed by atoms with Gasteiger partial charge in [0.1, 0.15) is 11.8 Å². The van der Waals surface area contributed by atoms with E-state index in [1.807, 2.05) is 18.7 Å². The van der Waals surface area contributed by atoms with E-state index in [0.29, 0.717) is 24.4 Å². The highest BCUT2D eigenvalue weighted by Gasteiger charge is 2.31. The quantitative estimate of drug-likeness (QED) is 0.877. The lowest BCUT2D eigenvalue weighted by molar-refractivity contribution is -0.135. The van der Waals surface area contributed by atoms with Crippen molar-refractivity contribution in [2.45, 2.75) is 32.9 Å². The van der Waals surface area contributed by atoms with E-state index < -0.39 is 6.04 Å². The Morgan fingerprint density at radius 3 is 2.58 bits per heavy atom. The van der Waals surface area contributed by atoms with Crippen LogP contribution in [0, 0.1) is 5.92 Å². The molecular weight excluding hydrogens is 348 g/mol. The minimum atomic E-state index is -0.537. The zero-order chi connectivity index (χ0) is 18.7. The Morgan fingerprint density at radius 1 is 1.19 bits per heavy atom. The van der Waals surface area contributed by atoms with Gasteiger partial charge < -0.3 is 15.0 Å². The standard InChI is InChI=1S/C20H24N2O3S/c1-13(2)18(21-19(23)14-4-6-16(25-3)7-5-14)20(24)22-10-8-17-15(12-22)9-11-26-17/h4-7,9,11,13,18H,8,10,12H2,1-3H3,(H,21,23)/t18-/m1/s1. The van der Waals surface area contributed by atoms with Crippen molar-refractivity contribution in [2.24, 2.45) is 5.92 Å². The van der Waals surface area contributed by atoms with Gasteiger partial charge in [-0.25, -0.2) is 0 Å². The predicted octanol–water partition coefficient (Wildman–Crippen LogP) is 3.10. The topological polar surface area (TPSA) is 58.6 Å². The number of methoxy groups -OCH3 is 1. The number of hydrogen-bond donors (Lipinski definition) is 1. The maximum atomic E-state index is 13.0. The average Bonchev–Trinajstić information content (AvgIpc) is 3.13. The van der Waals surface area contributed by atoms with Gasteiger partial charge in [0.15, 0.2) is 0 Å². The number of nitrogens with zero attached hydrogens (tertiary/aromatic N) is 1. The summed E-state index contributed by atoms with van der Waals surface area (Å²) in [4.78, 5) is 28.8. The molecule has 0 saturated heterocycles. The normalized spacial score (nSPS) is 14.7. The molecule has 0 aliphatic carbocycles. The molecule has 138 valence electrons. The number of thiophene rings is 1. The third-order valence-corrected chi connectivity index (χ3v) is 5.71. The van der Waals surface area contributed by atoms with E-state index >= 15 is 0 Å². The van der Waals surface area contributed by atoms with Crippen molar-refractivity contribution >= 4 is 23.2 Å². The summed E-state index contributed by atoms with van der Waals surface area (Å²) < 4.78 is 5.12. The van der Waals surface area contributed by atoms with Crippen LogP contribution < -0.4 is 10.1 Å². The second-order valence-corrected chi connectivity index (χ2v) is 7.80. The summed E-state index contributed by atoms with van der Waals surface area (Å²) in [5.74, 6) is 0.443. The van der Waals surface area contributed by atoms with Crippen LogP contribution in [0.15, 0.2) is 35.7 Å². The maximum Gasteiger partial charge on any atom is 0.251 e. The molecule has 5 nitrogen and oxygen atoms in total. The van der Waals surface area contributed by atoms with Gasteiger partial charge in [0.05, 0.1) is 7.11 Å². The molecule has 6 heteroatoms. The lowest BCUT2D eigenvalue weighted by Crippen LogP contribution is -2.52. The smallest absolute Gasteiger partial charge is 0.251 e. The molecule has 0 radical (unpaired) electrons. The number of hydrogen-bond acceptors (Lipinski definition) is 4. The molecule has 0 spiro atoms. The number of amides is 2. The average molecular weight is 372 g/mol. The Kier molecular flexibility index (Phi) is 5.61. The molecule has 1 aromatic heterocycles. The van der Waals surface area contributed by atoms with Crippen molar-refractivity contribution in [2.75, 3.05) is 13.7 Å². The van der Waals surface area contributed by atoms with E-state index in [-0.39, 0.29) is 17.7 Å². The molecule has 0 fully saturated rings. The maximum absolute atomic E-state index is 13.0. The van der Waals surface area contributed by atoms with E-state index in [1.165, 1.54) is 10.4 Å². The Morgan fingerprint density at radius 2 is 1.92 bits per heavy atom. The van der Waals surface area contributed by atoms with Gasteiger partial charge in [-0.3, -0.25) is 9.59 Å². The first-order valence-electron chi connectivity index (χ1n) is 8.78. The summed E-state index contributed by atoms with van der Waals surface area (Å²) >= 11 is 1.75. The van der Waals surface area contributed by atoms with Crippen molar-refractivity contribution in [1.82, 2.24) is 10.2 Å². The fraction of sp³-hybridized carbons (Fsp3) is 0.400. The molecule has 2 amide bonds. The number of nitrogens with one attached hydrogen (secondary N) is 1. The zero-order valence-electron chi connectivity index (χ0n) is 15.3. The van der Waals surface area contributed by atoms with Crippen LogP contribution in [-0.4, -0.2) is 36.4 Å². The number of rotatable bonds is 5.